The van der Waals surface area contributed by atoms with Crippen LogP contribution in [-0.2, 0) is 11.3 Å². The molecule has 0 aliphatic carbocycles. The summed E-state index contributed by atoms with van der Waals surface area (Å²) < 4.78 is 7.24. The molecule has 0 amide bonds. The van der Waals surface area contributed by atoms with Gasteiger partial charge in [0.05, 0.1) is 11.1 Å². The van der Waals surface area contributed by atoms with E-state index in [2.05, 4.69) is 17.6 Å². The fraction of sp³-hybridized carbons (Fsp3) is 0.0909. The molecule has 4 nitrogen and oxygen atoms in total. The van der Waals surface area contributed by atoms with Gasteiger partial charge in [0.25, 0.3) is 0 Å². The molecule has 0 saturated heterocycles. The van der Waals surface area contributed by atoms with Crippen molar-refractivity contribution >= 4 is 33.7 Å². The van der Waals surface area contributed by atoms with Crippen molar-refractivity contribution in [1.29, 1.82) is 0 Å². The average molecular weight is 343 g/mol. The molecule has 0 fully saturated rings. The van der Waals surface area contributed by atoms with Gasteiger partial charge >= 0.3 is 11.9 Å². The summed E-state index contributed by atoms with van der Waals surface area (Å²) in [5.74, 6) is -1.29. The Kier molecular flexibility index (Phi) is 4.01. The summed E-state index contributed by atoms with van der Waals surface area (Å²) in [7, 11) is 0. The summed E-state index contributed by atoms with van der Waals surface area (Å²) in [6.45, 7) is 2.92. The first kappa shape index (κ1) is 16.1. The third kappa shape index (κ3) is 2.65. The van der Waals surface area contributed by atoms with Crippen LogP contribution in [0, 0.1) is 0 Å². The summed E-state index contributed by atoms with van der Waals surface area (Å²) in [6.07, 6.45) is 0. The Morgan fingerprint density at radius 1 is 0.769 bits per heavy atom. The second-order valence-electron chi connectivity index (χ2n) is 6.04. The van der Waals surface area contributed by atoms with Gasteiger partial charge < -0.3 is 9.30 Å². The van der Waals surface area contributed by atoms with Gasteiger partial charge in [-0.3, -0.25) is 0 Å². The molecule has 128 valence electrons. The van der Waals surface area contributed by atoms with Gasteiger partial charge in [0, 0.05) is 28.4 Å². The van der Waals surface area contributed by atoms with E-state index in [0.29, 0.717) is 11.1 Å². The van der Waals surface area contributed by atoms with Crippen LogP contribution in [0.15, 0.2) is 72.8 Å². The lowest BCUT2D eigenvalue weighted by molar-refractivity contribution is 0.0398. The number of carbonyl (C=O) groups is 2. The van der Waals surface area contributed by atoms with E-state index in [4.69, 9.17) is 4.74 Å². The molecule has 0 aliphatic rings. The van der Waals surface area contributed by atoms with E-state index in [1.165, 1.54) is 0 Å². The quantitative estimate of drug-likeness (QED) is 0.396. The van der Waals surface area contributed by atoms with Gasteiger partial charge in [0.2, 0.25) is 0 Å². The van der Waals surface area contributed by atoms with Gasteiger partial charge in [-0.15, -0.1) is 0 Å². The van der Waals surface area contributed by atoms with Crippen LogP contribution < -0.4 is 0 Å². The van der Waals surface area contributed by atoms with Crippen LogP contribution in [0.3, 0.4) is 0 Å². The molecule has 0 radical (unpaired) electrons. The van der Waals surface area contributed by atoms with Gasteiger partial charge in [0.15, 0.2) is 0 Å². The highest BCUT2D eigenvalue weighted by Gasteiger charge is 2.17. The number of ether oxygens (including phenoxy) is 1. The van der Waals surface area contributed by atoms with Gasteiger partial charge in [-0.2, -0.15) is 0 Å². The molecule has 0 aliphatic heterocycles. The lowest BCUT2D eigenvalue weighted by Gasteiger charge is -2.05. The summed E-state index contributed by atoms with van der Waals surface area (Å²) in [6, 6.07) is 22.0. The molecule has 4 heteroatoms. The summed E-state index contributed by atoms with van der Waals surface area (Å²) >= 11 is 0. The Morgan fingerprint density at radius 2 is 1.42 bits per heavy atom. The van der Waals surface area contributed by atoms with Gasteiger partial charge in [-0.25, -0.2) is 9.59 Å². The van der Waals surface area contributed by atoms with Crippen LogP contribution in [0.2, 0.25) is 0 Å². The maximum atomic E-state index is 12.4. The number of carbonyl (C=O) groups excluding carboxylic acids is 2. The van der Waals surface area contributed by atoms with Crippen molar-refractivity contribution < 1.29 is 14.3 Å². The molecule has 0 atom stereocenters. The third-order valence-corrected chi connectivity index (χ3v) is 4.52. The topological polar surface area (TPSA) is 48.3 Å². The van der Waals surface area contributed by atoms with Crippen LogP contribution >= 0.6 is 0 Å². The number of aromatic nitrogens is 1. The van der Waals surface area contributed by atoms with E-state index in [0.717, 1.165) is 28.4 Å². The summed E-state index contributed by atoms with van der Waals surface area (Å²) in [5, 5.41) is 2.05. The number of nitrogens with zero attached hydrogens (tertiary/aromatic N) is 1. The number of fused-ring (bicyclic) bond motifs is 3. The molecule has 0 N–H and O–H groups in total. The molecule has 0 bridgehead atoms. The van der Waals surface area contributed by atoms with Crippen molar-refractivity contribution in [2.24, 2.45) is 0 Å². The fourth-order valence-corrected chi connectivity index (χ4v) is 3.30. The maximum absolute atomic E-state index is 12.4. The highest BCUT2D eigenvalue weighted by molar-refractivity contribution is 6.11. The number of benzene rings is 3. The first-order valence-corrected chi connectivity index (χ1v) is 8.51. The molecule has 1 aromatic heterocycles. The number of rotatable bonds is 3. The zero-order valence-corrected chi connectivity index (χ0v) is 14.3. The zero-order chi connectivity index (χ0) is 18.1. The van der Waals surface area contributed by atoms with Gasteiger partial charge in [-0.05, 0) is 43.3 Å². The molecule has 3 aromatic carbocycles. The first-order valence-electron chi connectivity index (χ1n) is 8.51. The largest absolute Gasteiger partial charge is 0.386 e. The van der Waals surface area contributed by atoms with E-state index >= 15 is 0 Å². The lowest BCUT2D eigenvalue weighted by Crippen LogP contribution is -2.12. The van der Waals surface area contributed by atoms with E-state index < -0.39 is 11.9 Å². The molecule has 0 saturated carbocycles. The number of hydrogen-bond donors (Lipinski definition) is 0. The lowest BCUT2D eigenvalue weighted by atomic mass is 10.1. The fourth-order valence-electron chi connectivity index (χ4n) is 3.30. The zero-order valence-electron chi connectivity index (χ0n) is 14.3. The maximum Gasteiger partial charge on any atom is 0.346 e. The smallest absolute Gasteiger partial charge is 0.346 e. The second-order valence-corrected chi connectivity index (χ2v) is 6.04. The first-order chi connectivity index (χ1) is 12.7. The molecule has 0 unspecified atom stereocenters. The highest BCUT2D eigenvalue weighted by Crippen LogP contribution is 2.29. The van der Waals surface area contributed by atoms with Gasteiger partial charge in [-0.1, -0.05) is 36.4 Å². The summed E-state index contributed by atoms with van der Waals surface area (Å²) in [4.78, 5) is 24.5. The van der Waals surface area contributed by atoms with Crippen LogP contribution in [0.25, 0.3) is 21.8 Å². The molecule has 0 spiro atoms. The minimum atomic E-state index is -0.647. The Morgan fingerprint density at radius 3 is 2.19 bits per heavy atom. The van der Waals surface area contributed by atoms with E-state index in [9.17, 15) is 9.59 Å². The molecule has 26 heavy (non-hydrogen) atoms. The molecular weight excluding hydrogens is 326 g/mol. The Labute approximate surface area is 150 Å². The van der Waals surface area contributed by atoms with E-state index in [1.54, 1.807) is 42.5 Å². The standard InChI is InChI=1S/C22H17NO3/c1-2-23-19-11-7-6-10-17(19)18-14-16(12-13-20(18)23)22(25)26-21(24)15-8-4-3-5-9-15/h3-14H,2H2,1H3. The second kappa shape index (κ2) is 6.48. The SMILES string of the molecule is CCn1c2ccccc2c2cc(C(=O)OC(=O)c3ccccc3)ccc21. The Bertz CT molecular complexity index is 1130. The van der Waals surface area contributed by atoms with Crippen molar-refractivity contribution in [2.45, 2.75) is 13.5 Å². The molecular formula is C22H17NO3. The number of para-hydroxylation sites is 1. The molecule has 1 heterocycles. The van der Waals surface area contributed by atoms with Crippen molar-refractivity contribution in [2.75, 3.05) is 0 Å². The van der Waals surface area contributed by atoms with Crippen LogP contribution in [0.1, 0.15) is 27.6 Å². The predicted octanol–water partition coefficient (Wildman–Crippen LogP) is 4.81. The minimum absolute atomic E-state index is 0.351. The number of esters is 2. The van der Waals surface area contributed by atoms with E-state index in [1.807, 2.05) is 24.3 Å². The number of hydrogen-bond acceptors (Lipinski definition) is 3. The van der Waals surface area contributed by atoms with Crippen molar-refractivity contribution in [3.05, 3.63) is 83.9 Å². The van der Waals surface area contributed by atoms with Crippen LogP contribution in [0.4, 0.5) is 0 Å². The Hall–Kier alpha value is -3.40. The molecule has 4 rings (SSSR count). The number of aryl methyl sites for hydroxylation is 1. The normalized spacial score (nSPS) is 11.0. The average Bonchev–Trinajstić information content (AvgIpc) is 3.01. The molecule has 4 aromatic rings. The van der Waals surface area contributed by atoms with Crippen LogP contribution in [-0.4, -0.2) is 16.5 Å². The monoisotopic (exact) mass is 343 g/mol. The van der Waals surface area contributed by atoms with Crippen molar-refractivity contribution in [3.63, 3.8) is 0 Å². The van der Waals surface area contributed by atoms with Crippen molar-refractivity contribution in [1.82, 2.24) is 4.57 Å². The van der Waals surface area contributed by atoms with Crippen LogP contribution in [0.5, 0.6) is 0 Å². The third-order valence-electron chi connectivity index (χ3n) is 4.52. The predicted molar refractivity (Wildman–Crippen MR) is 101 cm³/mol. The van der Waals surface area contributed by atoms with E-state index in [-0.39, 0.29) is 0 Å². The van der Waals surface area contributed by atoms with Gasteiger partial charge in [0.1, 0.15) is 0 Å². The summed E-state index contributed by atoms with van der Waals surface area (Å²) in [5.41, 5.74) is 2.89. The Balaban J connectivity index is 1.72. The minimum Gasteiger partial charge on any atom is -0.386 e. The highest BCUT2D eigenvalue weighted by atomic mass is 16.6. The van der Waals surface area contributed by atoms with Crippen molar-refractivity contribution in [3.8, 4) is 0 Å².